The molecule has 0 saturated heterocycles. The highest BCUT2D eigenvalue weighted by molar-refractivity contribution is 7.92. The highest BCUT2D eigenvalue weighted by Crippen LogP contribution is 2.18. The average molecular weight is 398 g/mol. The van der Waals surface area contributed by atoms with Crippen molar-refractivity contribution in [2.24, 2.45) is 0 Å². The lowest BCUT2D eigenvalue weighted by Gasteiger charge is -2.13. The molecule has 3 rings (SSSR count). The van der Waals surface area contributed by atoms with Crippen LogP contribution < -0.4 is 10.0 Å². The van der Waals surface area contributed by atoms with Gasteiger partial charge in [-0.1, -0.05) is 30.3 Å². The summed E-state index contributed by atoms with van der Waals surface area (Å²) in [5.74, 6) is -0.273. The summed E-state index contributed by atoms with van der Waals surface area (Å²) >= 11 is 0. The molecule has 1 heterocycles. The van der Waals surface area contributed by atoms with Gasteiger partial charge in [-0.3, -0.25) is 14.2 Å². The van der Waals surface area contributed by atoms with E-state index in [-0.39, 0.29) is 5.91 Å². The Balaban J connectivity index is 1.72. The van der Waals surface area contributed by atoms with Crippen molar-refractivity contribution in [1.29, 1.82) is 0 Å². The van der Waals surface area contributed by atoms with Gasteiger partial charge in [0.25, 0.3) is 5.91 Å². The Kier molecular flexibility index (Phi) is 5.79. The third kappa shape index (κ3) is 5.20. The van der Waals surface area contributed by atoms with Crippen LogP contribution in [0.2, 0.25) is 0 Å². The molecule has 0 saturated carbocycles. The monoisotopic (exact) mass is 398 g/mol. The smallest absolute Gasteiger partial charge is 0.251 e. The zero-order valence-electron chi connectivity index (χ0n) is 15.7. The first-order valence-electron chi connectivity index (χ1n) is 8.73. The van der Waals surface area contributed by atoms with E-state index in [1.165, 1.54) is 0 Å². The molecule has 8 heteroatoms. The van der Waals surface area contributed by atoms with Crippen LogP contribution in [0, 0.1) is 6.92 Å². The summed E-state index contributed by atoms with van der Waals surface area (Å²) < 4.78 is 27.2. The molecule has 2 N–H and O–H groups in total. The van der Waals surface area contributed by atoms with E-state index in [0.717, 1.165) is 22.9 Å². The summed E-state index contributed by atoms with van der Waals surface area (Å²) in [6, 6.07) is 14.6. The van der Waals surface area contributed by atoms with Crippen molar-refractivity contribution in [3.05, 3.63) is 83.2 Å². The summed E-state index contributed by atoms with van der Waals surface area (Å²) in [6.07, 6.45) is 4.69. The SMILES string of the molecule is Cc1ccc(C(=O)NCc2ccccc2Cn2cccn2)cc1NS(C)(=O)=O. The lowest BCUT2D eigenvalue weighted by molar-refractivity contribution is 0.0951. The minimum absolute atomic E-state index is 0.273. The molecule has 0 atom stereocenters. The van der Waals surface area contributed by atoms with Gasteiger partial charge in [-0.25, -0.2) is 8.42 Å². The molecule has 7 nitrogen and oxygen atoms in total. The van der Waals surface area contributed by atoms with E-state index in [9.17, 15) is 13.2 Å². The van der Waals surface area contributed by atoms with Crippen molar-refractivity contribution in [3.63, 3.8) is 0 Å². The van der Waals surface area contributed by atoms with Gasteiger partial charge in [0.05, 0.1) is 18.5 Å². The Hall–Kier alpha value is -3.13. The van der Waals surface area contributed by atoms with E-state index in [2.05, 4.69) is 15.1 Å². The Morgan fingerprint density at radius 2 is 1.86 bits per heavy atom. The Bertz CT molecular complexity index is 1080. The van der Waals surface area contributed by atoms with Gasteiger partial charge in [-0.2, -0.15) is 5.10 Å². The Morgan fingerprint density at radius 1 is 1.11 bits per heavy atom. The van der Waals surface area contributed by atoms with Gasteiger partial charge in [0.1, 0.15) is 0 Å². The van der Waals surface area contributed by atoms with Crippen LogP contribution in [-0.2, 0) is 23.1 Å². The normalized spacial score (nSPS) is 11.2. The number of hydrogen-bond donors (Lipinski definition) is 2. The van der Waals surface area contributed by atoms with Gasteiger partial charge < -0.3 is 5.32 Å². The molecule has 1 aromatic heterocycles. The van der Waals surface area contributed by atoms with Crippen molar-refractivity contribution in [3.8, 4) is 0 Å². The van der Waals surface area contributed by atoms with Crippen molar-refractivity contribution < 1.29 is 13.2 Å². The number of anilines is 1. The standard InChI is InChI=1S/C20H22N4O3S/c1-15-8-9-16(12-19(15)23-28(2,26)27)20(25)21-13-17-6-3-4-7-18(17)14-24-11-5-10-22-24/h3-12,23H,13-14H2,1-2H3,(H,21,25). The number of aryl methyl sites for hydroxylation is 1. The molecule has 28 heavy (non-hydrogen) atoms. The first kappa shape index (κ1) is 19.6. The molecule has 0 radical (unpaired) electrons. The molecule has 3 aromatic rings. The molecule has 0 unspecified atom stereocenters. The Labute approximate surface area is 164 Å². The van der Waals surface area contributed by atoms with Gasteiger partial charge in [0.15, 0.2) is 0 Å². The quantitative estimate of drug-likeness (QED) is 0.640. The van der Waals surface area contributed by atoms with Gasteiger partial charge in [-0.05, 0) is 41.8 Å². The predicted octanol–water partition coefficient (Wildman–Crippen LogP) is 2.54. The van der Waals surface area contributed by atoms with Gasteiger partial charge >= 0.3 is 0 Å². The minimum Gasteiger partial charge on any atom is -0.348 e. The molecule has 0 aliphatic heterocycles. The topological polar surface area (TPSA) is 93.1 Å². The second kappa shape index (κ2) is 8.26. The van der Waals surface area contributed by atoms with Crippen LogP contribution in [0.3, 0.4) is 0 Å². The number of rotatable bonds is 7. The number of benzene rings is 2. The third-order valence-electron chi connectivity index (χ3n) is 4.24. The van der Waals surface area contributed by atoms with Crippen molar-refractivity contribution in [2.45, 2.75) is 20.0 Å². The van der Waals surface area contributed by atoms with E-state index in [1.54, 1.807) is 31.3 Å². The van der Waals surface area contributed by atoms with Crippen LogP contribution in [0.15, 0.2) is 60.9 Å². The molecular formula is C20H22N4O3S. The summed E-state index contributed by atoms with van der Waals surface area (Å²) in [5, 5.41) is 7.11. The summed E-state index contributed by atoms with van der Waals surface area (Å²) in [4.78, 5) is 12.6. The van der Waals surface area contributed by atoms with Gasteiger partial charge in [0, 0.05) is 24.5 Å². The van der Waals surface area contributed by atoms with Gasteiger partial charge in [-0.15, -0.1) is 0 Å². The number of carbonyl (C=O) groups excluding carboxylic acids is 1. The van der Waals surface area contributed by atoms with E-state index in [1.807, 2.05) is 41.2 Å². The highest BCUT2D eigenvalue weighted by Gasteiger charge is 2.11. The Morgan fingerprint density at radius 3 is 2.54 bits per heavy atom. The van der Waals surface area contributed by atoms with Crippen molar-refractivity contribution in [1.82, 2.24) is 15.1 Å². The second-order valence-corrected chi connectivity index (χ2v) is 8.31. The van der Waals surface area contributed by atoms with Crippen LogP contribution in [0.5, 0.6) is 0 Å². The van der Waals surface area contributed by atoms with Crippen LogP contribution in [-0.4, -0.2) is 30.4 Å². The maximum absolute atomic E-state index is 12.6. The number of carbonyl (C=O) groups is 1. The number of nitrogens with zero attached hydrogens (tertiary/aromatic N) is 2. The third-order valence-corrected chi connectivity index (χ3v) is 4.84. The molecule has 146 valence electrons. The van der Waals surface area contributed by atoms with E-state index < -0.39 is 10.0 Å². The minimum atomic E-state index is -3.42. The summed E-state index contributed by atoms with van der Waals surface area (Å²) in [6.45, 7) is 2.76. The molecular weight excluding hydrogens is 376 g/mol. The molecule has 0 aliphatic rings. The largest absolute Gasteiger partial charge is 0.348 e. The van der Waals surface area contributed by atoms with Crippen LogP contribution in [0.1, 0.15) is 27.0 Å². The van der Waals surface area contributed by atoms with Crippen LogP contribution in [0.25, 0.3) is 0 Å². The molecule has 0 bridgehead atoms. The number of amides is 1. The maximum Gasteiger partial charge on any atom is 0.251 e. The number of aromatic nitrogens is 2. The average Bonchev–Trinajstić information content (AvgIpc) is 3.14. The van der Waals surface area contributed by atoms with Gasteiger partial charge in [0.2, 0.25) is 10.0 Å². The van der Waals surface area contributed by atoms with E-state index >= 15 is 0 Å². The predicted molar refractivity (Wildman–Crippen MR) is 109 cm³/mol. The number of sulfonamides is 1. The second-order valence-electron chi connectivity index (χ2n) is 6.56. The summed E-state index contributed by atoms with van der Waals surface area (Å²) in [7, 11) is -3.42. The fourth-order valence-corrected chi connectivity index (χ4v) is 3.42. The van der Waals surface area contributed by atoms with Crippen LogP contribution >= 0.6 is 0 Å². The zero-order valence-corrected chi connectivity index (χ0v) is 16.5. The van der Waals surface area contributed by atoms with E-state index in [4.69, 9.17) is 0 Å². The van der Waals surface area contributed by atoms with E-state index in [0.29, 0.717) is 24.3 Å². The molecule has 0 fully saturated rings. The number of hydrogen-bond acceptors (Lipinski definition) is 4. The van der Waals surface area contributed by atoms with Crippen molar-refractivity contribution >= 4 is 21.6 Å². The zero-order chi connectivity index (χ0) is 20.1. The lowest BCUT2D eigenvalue weighted by atomic mass is 10.1. The fourth-order valence-electron chi connectivity index (χ4n) is 2.80. The molecule has 0 spiro atoms. The molecule has 1 amide bonds. The first-order valence-corrected chi connectivity index (χ1v) is 10.6. The molecule has 2 aromatic carbocycles. The summed E-state index contributed by atoms with van der Waals surface area (Å²) in [5.41, 5.74) is 3.59. The van der Waals surface area contributed by atoms with Crippen LogP contribution in [0.4, 0.5) is 5.69 Å². The number of nitrogens with one attached hydrogen (secondary N) is 2. The maximum atomic E-state index is 12.6. The highest BCUT2D eigenvalue weighted by atomic mass is 32.2. The van der Waals surface area contributed by atoms with Crippen molar-refractivity contribution in [2.75, 3.05) is 11.0 Å². The first-order chi connectivity index (χ1) is 13.3. The lowest BCUT2D eigenvalue weighted by Crippen LogP contribution is -2.24. The fraction of sp³-hybridized carbons (Fsp3) is 0.200. The molecule has 0 aliphatic carbocycles.